The minimum absolute atomic E-state index is 0.0970. The summed E-state index contributed by atoms with van der Waals surface area (Å²) in [6, 6.07) is 6.08. The number of rotatable bonds is 5. The van der Waals surface area contributed by atoms with E-state index in [0.717, 1.165) is 16.9 Å². The number of aryl methyl sites for hydroxylation is 4. The summed E-state index contributed by atoms with van der Waals surface area (Å²) >= 11 is 0. The van der Waals surface area contributed by atoms with Gasteiger partial charge in [-0.2, -0.15) is 0 Å². The summed E-state index contributed by atoms with van der Waals surface area (Å²) in [7, 11) is 1.75. The van der Waals surface area contributed by atoms with Crippen LogP contribution in [0.4, 0.5) is 0 Å². The second-order valence-electron chi connectivity index (χ2n) is 5.60. The Morgan fingerprint density at radius 2 is 1.82 bits per heavy atom. The number of benzene rings is 1. The third kappa shape index (κ3) is 3.67. The molecule has 0 aliphatic rings. The Hall–Kier alpha value is -2.30. The van der Waals surface area contributed by atoms with Gasteiger partial charge in [-0.1, -0.05) is 11.2 Å². The maximum absolute atomic E-state index is 12.4. The topological polar surface area (TPSA) is 55.6 Å². The second kappa shape index (κ2) is 6.64. The van der Waals surface area contributed by atoms with Crippen molar-refractivity contribution in [3.63, 3.8) is 0 Å². The van der Waals surface area contributed by atoms with Crippen LogP contribution in [0.2, 0.25) is 0 Å². The van der Waals surface area contributed by atoms with Crippen LogP contribution in [0, 0.1) is 27.7 Å². The summed E-state index contributed by atoms with van der Waals surface area (Å²) in [6.45, 7) is 8.51. The van der Waals surface area contributed by atoms with Crippen LogP contribution in [-0.2, 0) is 0 Å². The van der Waals surface area contributed by atoms with E-state index in [4.69, 9.17) is 9.26 Å². The third-order valence-corrected chi connectivity index (χ3v) is 3.48. The largest absolute Gasteiger partial charge is 0.492 e. The first-order valence-electron chi connectivity index (χ1n) is 7.28. The molecule has 0 unspecified atom stereocenters. The number of hydrogen-bond acceptors (Lipinski definition) is 4. The molecule has 118 valence electrons. The third-order valence-electron chi connectivity index (χ3n) is 3.48. The number of carbonyl (C=O) groups is 1. The summed E-state index contributed by atoms with van der Waals surface area (Å²) in [5, 5.41) is 3.81. The van der Waals surface area contributed by atoms with Gasteiger partial charge in [-0.25, -0.2) is 0 Å². The van der Waals surface area contributed by atoms with Crippen LogP contribution in [0.3, 0.4) is 0 Å². The van der Waals surface area contributed by atoms with Crippen LogP contribution >= 0.6 is 0 Å². The van der Waals surface area contributed by atoms with Gasteiger partial charge in [0.15, 0.2) is 0 Å². The molecule has 0 spiro atoms. The van der Waals surface area contributed by atoms with E-state index in [1.165, 1.54) is 0 Å². The smallest absolute Gasteiger partial charge is 0.259 e. The van der Waals surface area contributed by atoms with Crippen molar-refractivity contribution in [3.05, 3.63) is 46.3 Å². The van der Waals surface area contributed by atoms with Crippen molar-refractivity contribution in [2.45, 2.75) is 27.7 Å². The molecule has 1 aromatic carbocycles. The van der Waals surface area contributed by atoms with Crippen molar-refractivity contribution in [3.8, 4) is 5.75 Å². The summed E-state index contributed by atoms with van der Waals surface area (Å²) in [5.74, 6) is 1.28. The number of nitrogens with zero attached hydrogens (tertiary/aromatic N) is 2. The van der Waals surface area contributed by atoms with Gasteiger partial charge >= 0.3 is 0 Å². The maximum Gasteiger partial charge on any atom is 0.259 e. The lowest BCUT2D eigenvalue weighted by Crippen LogP contribution is -2.31. The molecule has 0 fully saturated rings. The molecule has 0 saturated carbocycles. The van der Waals surface area contributed by atoms with Gasteiger partial charge in [-0.15, -0.1) is 0 Å². The van der Waals surface area contributed by atoms with Gasteiger partial charge in [0.05, 0.1) is 12.2 Å². The van der Waals surface area contributed by atoms with Crippen LogP contribution in [-0.4, -0.2) is 36.2 Å². The Kier molecular flexibility index (Phi) is 4.85. The number of aromatic nitrogens is 1. The number of hydrogen-bond donors (Lipinski definition) is 0. The van der Waals surface area contributed by atoms with E-state index in [-0.39, 0.29) is 5.91 Å². The molecule has 0 saturated heterocycles. The van der Waals surface area contributed by atoms with Crippen LogP contribution in [0.5, 0.6) is 5.75 Å². The van der Waals surface area contributed by atoms with Crippen molar-refractivity contribution in [1.29, 1.82) is 0 Å². The zero-order valence-electron chi connectivity index (χ0n) is 13.8. The van der Waals surface area contributed by atoms with Crippen molar-refractivity contribution in [1.82, 2.24) is 10.1 Å². The summed E-state index contributed by atoms with van der Waals surface area (Å²) in [4.78, 5) is 14.0. The first-order valence-corrected chi connectivity index (χ1v) is 7.28. The fourth-order valence-electron chi connectivity index (χ4n) is 2.40. The Morgan fingerprint density at radius 3 is 2.36 bits per heavy atom. The van der Waals surface area contributed by atoms with E-state index in [2.05, 4.69) is 11.2 Å². The molecule has 0 radical (unpaired) electrons. The molecular weight excluding hydrogens is 280 g/mol. The van der Waals surface area contributed by atoms with E-state index in [0.29, 0.717) is 30.2 Å². The van der Waals surface area contributed by atoms with E-state index < -0.39 is 0 Å². The number of amides is 1. The van der Waals surface area contributed by atoms with Crippen molar-refractivity contribution >= 4 is 5.91 Å². The molecule has 5 nitrogen and oxygen atoms in total. The van der Waals surface area contributed by atoms with Gasteiger partial charge in [0.1, 0.15) is 23.7 Å². The zero-order valence-corrected chi connectivity index (χ0v) is 13.8. The Morgan fingerprint density at radius 1 is 1.18 bits per heavy atom. The highest BCUT2D eigenvalue weighted by Crippen LogP contribution is 2.17. The zero-order chi connectivity index (χ0) is 16.3. The number of carbonyl (C=O) groups excluding carboxylic acids is 1. The Bertz CT molecular complexity index is 637. The number of likely N-dealkylation sites (N-methyl/N-ethyl adjacent to an activating group) is 1. The van der Waals surface area contributed by atoms with Crippen molar-refractivity contribution in [2.24, 2.45) is 0 Å². The molecular formula is C17H22N2O3. The van der Waals surface area contributed by atoms with Crippen molar-refractivity contribution < 1.29 is 14.1 Å². The lowest BCUT2D eigenvalue weighted by atomic mass is 10.1. The van der Waals surface area contributed by atoms with Gasteiger partial charge in [0.2, 0.25) is 0 Å². The lowest BCUT2D eigenvalue weighted by molar-refractivity contribution is 0.0771. The minimum Gasteiger partial charge on any atom is -0.492 e. The lowest BCUT2D eigenvalue weighted by Gasteiger charge is -2.17. The van der Waals surface area contributed by atoms with Crippen molar-refractivity contribution in [2.75, 3.05) is 20.2 Å². The van der Waals surface area contributed by atoms with E-state index in [1.807, 2.05) is 26.0 Å². The molecule has 1 heterocycles. The molecule has 0 aliphatic heterocycles. The van der Waals surface area contributed by atoms with Gasteiger partial charge < -0.3 is 14.2 Å². The molecule has 2 aromatic rings. The quantitative estimate of drug-likeness (QED) is 0.852. The second-order valence-corrected chi connectivity index (χ2v) is 5.60. The SMILES string of the molecule is Cc1cc(C)cc(OCCN(C)C(=O)c2c(C)noc2C)c1. The summed E-state index contributed by atoms with van der Waals surface area (Å²) in [6.07, 6.45) is 0. The highest BCUT2D eigenvalue weighted by Gasteiger charge is 2.20. The fraction of sp³-hybridized carbons (Fsp3) is 0.412. The summed E-state index contributed by atoms with van der Waals surface area (Å²) in [5.41, 5.74) is 3.48. The molecule has 0 bridgehead atoms. The average Bonchev–Trinajstić information content (AvgIpc) is 2.76. The molecule has 22 heavy (non-hydrogen) atoms. The predicted molar refractivity (Wildman–Crippen MR) is 84.3 cm³/mol. The fourth-order valence-corrected chi connectivity index (χ4v) is 2.40. The molecule has 0 N–H and O–H groups in total. The number of ether oxygens (including phenoxy) is 1. The highest BCUT2D eigenvalue weighted by atomic mass is 16.5. The normalized spacial score (nSPS) is 10.6. The highest BCUT2D eigenvalue weighted by molar-refractivity contribution is 5.95. The standard InChI is InChI=1S/C17H22N2O3/c1-11-8-12(2)10-15(9-11)21-7-6-19(5)17(20)16-13(3)18-22-14(16)4/h8-10H,6-7H2,1-5H3. The van der Waals surface area contributed by atoms with E-state index >= 15 is 0 Å². The Balaban J connectivity index is 1.93. The monoisotopic (exact) mass is 302 g/mol. The molecule has 2 rings (SSSR count). The first-order chi connectivity index (χ1) is 10.4. The van der Waals surface area contributed by atoms with Crippen LogP contribution in [0.1, 0.15) is 32.9 Å². The first kappa shape index (κ1) is 16.1. The van der Waals surface area contributed by atoms with Crippen LogP contribution < -0.4 is 4.74 Å². The average molecular weight is 302 g/mol. The van der Waals surface area contributed by atoms with Gasteiger partial charge in [0, 0.05) is 7.05 Å². The molecule has 5 heteroatoms. The Labute approximate surface area is 130 Å². The minimum atomic E-state index is -0.0970. The van der Waals surface area contributed by atoms with E-state index in [9.17, 15) is 4.79 Å². The molecule has 1 aromatic heterocycles. The van der Waals surface area contributed by atoms with Crippen LogP contribution in [0.25, 0.3) is 0 Å². The van der Waals surface area contributed by atoms with Crippen LogP contribution in [0.15, 0.2) is 22.7 Å². The molecule has 0 aliphatic carbocycles. The van der Waals surface area contributed by atoms with Gasteiger partial charge in [0.25, 0.3) is 5.91 Å². The maximum atomic E-state index is 12.4. The molecule has 1 amide bonds. The summed E-state index contributed by atoms with van der Waals surface area (Å²) < 4.78 is 10.8. The van der Waals surface area contributed by atoms with Gasteiger partial charge in [-0.05, 0) is 51.0 Å². The van der Waals surface area contributed by atoms with E-state index in [1.54, 1.807) is 25.8 Å². The van der Waals surface area contributed by atoms with Gasteiger partial charge in [-0.3, -0.25) is 4.79 Å². The molecule has 0 atom stereocenters. The predicted octanol–water partition coefficient (Wildman–Crippen LogP) is 3.06.